The van der Waals surface area contributed by atoms with E-state index < -0.39 is 6.09 Å². The fourth-order valence-electron chi connectivity index (χ4n) is 3.66. The number of benzene rings is 1. The summed E-state index contributed by atoms with van der Waals surface area (Å²) < 4.78 is 4.85. The van der Waals surface area contributed by atoms with Crippen molar-refractivity contribution in [3.05, 3.63) is 47.2 Å². The molecule has 2 amide bonds. The molecule has 2 saturated heterocycles. The maximum atomic E-state index is 12.3. The van der Waals surface area contributed by atoms with Gasteiger partial charge in [0, 0.05) is 42.1 Å². The summed E-state index contributed by atoms with van der Waals surface area (Å²) in [5.41, 5.74) is 3.42. The van der Waals surface area contributed by atoms with Crippen LogP contribution < -0.4 is 5.32 Å². The average molecular weight is 432 g/mol. The SMILES string of the molecule is CSc1cc(Cl)ncc1-c1ccc(C2CN(C(=O)CCC3COC(=O)N3)C2)cc1. The molecule has 1 unspecified atom stereocenters. The molecule has 2 aliphatic heterocycles. The number of hydrogen-bond donors (Lipinski definition) is 1. The summed E-state index contributed by atoms with van der Waals surface area (Å²) in [5.74, 6) is 0.502. The van der Waals surface area contributed by atoms with Gasteiger partial charge in [0.15, 0.2) is 0 Å². The normalized spacial score (nSPS) is 18.9. The Balaban J connectivity index is 1.31. The molecule has 0 spiro atoms. The molecular formula is C21H22ClN3O3S. The molecule has 0 radical (unpaired) electrons. The molecule has 1 aromatic heterocycles. The number of thioether (sulfide) groups is 1. The van der Waals surface area contributed by atoms with Crippen molar-refractivity contribution in [2.24, 2.45) is 0 Å². The number of aromatic nitrogens is 1. The number of carbonyl (C=O) groups excluding carboxylic acids is 2. The molecule has 29 heavy (non-hydrogen) atoms. The van der Waals surface area contributed by atoms with Gasteiger partial charge in [-0.1, -0.05) is 35.9 Å². The van der Waals surface area contributed by atoms with Crippen LogP contribution in [0.3, 0.4) is 0 Å². The lowest BCUT2D eigenvalue weighted by atomic mass is 9.90. The lowest BCUT2D eigenvalue weighted by molar-refractivity contribution is -0.135. The van der Waals surface area contributed by atoms with E-state index in [0.717, 1.165) is 29.1 Å². The molecule has 6 nitrogen and oxygen atoms in total. The first-order valence-electron chi connectivity index (χ1n) is 9.54. The molecule has 3 heterocycles. The van der Waals surface area contributed by atoms with Gasteiger partial charge in [0.25, 0.3) is 0 Å². The lowest BCUT2D eigenvalue weighted by Gasteiger charge is -2.40. The zero-order valence-corrected chi connectivity index (χ0v) is 17.6. The minimum absolute atomic E-state index is 0.0513. The van der Waals surface area contributed by atoms with Crippen LogP contribution >= 0.6 is 23.4 Å². The van der Waals surface area contributed by atoms with Crippen molar-refractivity contribution in [3.8, 4) is 11.1 Å². The molecule has 0 saturated carbocycles. The van der Waals surface area contributed by atoms with E-state index >= 15 is 0 Å². The fraction of sp³-hybridized carbons (Fsp3) is 0.381. The third-order valence-electron chi connectivity index (χ3n) is 5.42. The highest BCUT2D eigenvalue weighted by Crippen LogP contribution is 2.33. The first-order valence-corrected chi connectivity index (χ1v) is 11.1. The van der Waals surface area contributed by atoms with E-state index in [2.05, 4.69) is 34.6 Å². The summed E-state index contributed by atoms with van der Waals surface area (Å²) in [4.78, 5) is 30.5. The second-order valence-electron chi connectivity index (χ2n) is 7.30. The number of likely N-dealkylation sites (tertiary alicyclic amines) is 1. The molecule has 1 N–H and O–H groups in total. The number of rotatable bonds is 6. The molecule has 2 aromatic rings. The number of alkyl carbamates (subject to hydrolysis) is 1. The third-order valence-corrected chi connectivity index (χ3v) is 6.41. The molecule has 1 atom stereocenters. The molecule has 2 fully saturated rings. The van der Waals surface area contributed by atoms with Crippen molar-refractivity contribution >= 4 is 35.4 Å². The number of cyclic esters (lactones) is 1. The molecule has 0 aliphatic carbocycles. The van der Waals surface area contributed by atoms with Crippen LogP contribution in [0.5, 0.6) is 0 Å². The van der Waals surface area contributed by atoms with Gasteiger partial charge < -0.3 is 15.0 Å². The van der Waals surface area contributed by atoms with Crippen molar-refractivity contribution in [3.63, 3.8) is 0 Å². The Labute approximate surface area is 179 Å². The summed E-state index contributed by atoms with van der Waals surface area (Å²) in [6.07, 6.45) is 4.49. The zero-order chi connectivity index (χ0) is 20.4. The summed E-state index contributed by atoms with van der Waals surface area (Å²) in [6.45, 7) is 1.83. The van der Waals surface area contributed by atoms with Gasteiger partial charge in [-0.2, -0.15) is 0 Å². The molecule has 2 aliphatic rings. The second kappa shape index (κ2) is 8.63. The largest absolute Gasteiger partial charge is 0.447 e. The molecule has 8 heteroatoms. The maximum Gasteiger partial charge on any atom is 0.407 e. The number of amides is 2. The minimum Gasteiger partial charge on any atom is -0.447 e. The van der Waals surface area contributed by atoms with Crippen LogP contribution in [0, 0.1) is 0 Å². The number of nitrogens with one attached hydrogen (secondary N) is 1. The highest BCUT2D eigenvalue weighted by atomic mass is 35.5. The van der Waals surface area contributed by atoms with E-state index in [-0.39, 0.29) is 11.9 Å². The molecule has 1 aromatic carbocycles. The Hall–Kier alpha value is -2.25. The lowest BCUT2D eigenvalue weighted by Crippen LogP contribution is -2.48. The van der Waals surface area contributed by atoms with Crippen LogP contribution in [-0.2, 0) is 9.53 Å². The topological polar surface area (TPSA) is 71.5 Å². The van der Waals surface area contributed by atoms with Gasteiger partial charge >= 0.3 is 6.09 Å². The van der Waals surface area contributed by atoms with E-state index in [1.165, 1.54) is 5.56 Å². The summed E-state index contributed by atoms with van der Waals surface area (Å²) >= 11 is 7.65. The van der Waals surface area contributed by atoms with Gasteiger partial charge in [0.1, 0.15) is 11.8 Å². The minimum atomic E-state index is -0.394. The van der Waals surface area contributed by atoms with Crippen LogP contribution in [0.25, 0.3) is 11.1 Å². The van der Waals surface area contributed by atoms with E-state index in [1.807, 2.05) is 23.4 Å². The Bertz CT molecular complexity index is 916. The molecule has 0 bridgehead atoms. The van der Waals surface area contributed by atoms with Gasteiger partial charge in [-0.05, 0) is 29.9 Å². The number of carbonyl (C=O) groups is 2. The van der Waals surface area contributed by atoms with Crippen LogP contribution in [0.15, 0.2) is 41.4 Å². The monoisotopic (exact) mass is 431 g/mol. The van der Waals surface area contributed by atoms with Gasteiger partial charge in [-0.15, -0.1) is 11.8 Å². The van der Waals surface area contributed by atoms with Crippen molar-refractivity contribution in [2.45, 2.75) is 29.7 Å². The van der Waals surface area contributed by atoms with Gasteiger partial charge in [-0.25, -0.2) is 9.78 Å². The number of pyridine rings is 1. The van der Waals surface area contributed by atoms with Crippen molar-refractivity contribution in [1.29, 1.82) is 0 Å². The number of ether oxygens (including phenoxy) is 1. The first kappa shape index (κ1) is 20.0. The Morgan fingerprint density at radius 3 is 2.76 bits per heavy atom. The standard InChI is InChI=1S/C21H22ClN3O3S/c1-29-18-8-19(22)23-9-17(18)14-4-2-13(3-5-14)15-10-25(11-15)20(26)7-6-16-12-28-21(27)24-16/h2-5,8-9,15-16H,6-7,10-12H2,1H3,(H,24,27). The predicted molar refractivity (Wildman–Crippen MR) is 113 cm³/mol. The Kier molecular flexibility index (Phi) is 5.96. The van der Waals surface area contributed by atoms with Crippen LogP contribution in [0.1, 0.15) is 24.3 Å². The van der Waals surface area contributed by atoms with Gasteiger partial charge in [0.05, 0.1) is 6.04 Å². The van der Waals surface area contributed by atoms with Crippen LogP contribution in [0.4, 0.5) is 4.79 Å². The number of halogens is 1. The maximum absolute atomic E-state index is 12.3. The van der Waals surface area contributed by atoms with E-state index in [9.17, 15) is 9.59 Å². The zero-order valence-electron chi connectivity index (χ0n) is 16.1. The predicted octanol–water partition coefficient (Wildman–Crippen LogP) is 3.94. The Morgan fingerprint density at radius 2 is 2.10 bits per heavy atom. The number of nitrogens with zero attached hydrogens (tertiary/aromatic N) is 2. The van der Waals surface area contributed by atoms with Crippen LogP contribution in [-0.4, -0.2) is 53.9 Å². The van der Waals surface area contributed by atoms with Crippen molar-refractivity contribution in [1.82, 2.24) is 15.2 Å². The fourth-order valence-corrected chi connectivity index (χ4v) is 4.51. The van der Waals surface area contributed by atoms with Crippen LogP contribution in [0.2, 0.25) is 5.15 Å². The van der Waals surface area contributed by atoms with E-state index in [0.29, 0.717) is 30.5 Å². The molecule has 152 valence electrons. The van der Waals surface area contributed by atoms with Crippen molar-refractivity contribution < 1.29 is 14.3 Å². The smallest absolute Gasteiger partial charge is 0.407 e. The van der Waals surface area contributed by atoms with Gasteiger partial charge in [0.2, 0.25) is 5.91 Å². The summed E-state index contributed by atoms with van der Waals surface area (Å²) in [6, 6.07) is 10.3. The Morgan fingerprint density at radius 1 is 1.34 bits per heavy atom. The highest BCUT2D eigenvalue weighted by molar-refractivity contribution is 7.98. The molecular weight excluding hydrogens is 410 g/mol. The van der Waals surface area contributed by atoms with Crippen molar-refractivity contribution in [2.75, 3.05) is 26.0 Å². The quantitative estimate of drug-likeness (QED) is 0.554. The average Bonchev–Trinajstić information content (AvgIpc) is 3.11. The highest BCUT2D eigenvalue weighted by Gasteiger charge is 2.32. The first-order chi connectivity index (χ1) is 14.0. The number of hydrogen-bond acceptors (Lipinski definition) is 5. The summed E-state index contributed by atoms with van der Waals surface area (Å²) in [5, 5.41) is 3.20. The third kappa shape index (κ3) is 4.51. The van der Waals surface area contributed by atoms with E-state index in [4.69, 9.17) is 16.3 Å². The van der Waals surface area contributed by atoms with E-state index in [1.54, 1.807) is 11.8 Å². The molecule has 4 rings (SSSR count). The second-order valence-corrected chi connectivity index (χ2v) is 8.54. The van der Waals surface area contributed by atoms with Gasteiger partial charge in [-0.3, -0.25) is 4.79 Å². The summed E-state index contributed by atoms with van der Waals surface area (Å²) in [7, 11) is 0.